The minimum absolute atomic E-state index is 0.737. The molecule has 0 heterocycles. The van der Waals surface area contributed by atoms with Crippen molar-refractivity contribution < 1.29 is 4.74 Å². The summed E-state index contributed by atoms with van der Waals surface area (Å²) in [5.74, 6) is 0.931. The van der Waals surface area contributed by atoms with Crippen molar-refractivity contribution in [2.24, 2.45) is 5.73 Å². The van der Waals surface area contributed by atoms with Crippen molar-refractivity contribution >= 4 is 0 Å². The van der Waals surface area contributed by atoms with Gasteiger partial charge in [-0.25, -0.2) is 0 Å². The second-order valence-corrected chi connectivity index (χ2v) is 4.34. The highest BCUT2D eigenvalue weighted by Crippen LogP contribution is 2.28. The molecule has 2 rings (SSSR count). The molecule has 0 spiro atoms. The zero-order valence-electron chi connectivity index (χ0n) is 9.86. The van der Waals surface area contributed by atoms with Crippen molar-refractivity contribution in [3.05, 3.63) is 29.8 Å². The summed E-state index contributed by atoms with van der Waals surface area (Å²) in [7, 11) is 1.71. The third-order valence-electron chi connectivity index (χ3n) is 3.00. The van der Waals surface area contributed by atoms with Crippen LogP contribution in [0, 0.1) is 0 Å². The number of rotatable bonds is 6. The van der Waals surface area contributed by atoms with Crippen molar-refractivity contribution in [1.82, 2.24) is 4.90 Å². The highest BCUT2D eigenvalue weighted by Gasteiger charge is 2.28. The quantitative estimate of drug-likeness (QED) is 0.791. The summed E-state index contributed by atoms with van der Waals surface area (Å²) in [5, 5.41) is 0. The lowest BCUT2D eigenvalue weighted by Crippen LogP contribution is -2.30. The molecule has 0 unspecified atom stereocenters. The van der Waals surface area contributed by atoms with E-state index in [4.69, 9.17) is 10.5 Å². The van der Waals surface area contributed by atoms with Gasteiger partial charge in [-0.1, -0.05) is 12.1 Å². The maximum absolute atomic E-state index is 5.64. The van der Waals surface area contributed by atoms with E-state index in [1.165, 1.54) is 18.4 Å². The number of methoxy groups -OCH3 is 1. The van der Waals surface area contributed by atoms with Crippen LogP contribution in [0.2, 0.25) is 0 Å². The van der Waals surface area contributed by atoms with Gasteiger partial charge in [-0.3, -0.25) is 4.90 Å². The topological polar surface area (TPSA) is 38.5 Å². The van der Waals surface area contributed by atoms with E-state index >= 15 is 0 Å². The average Bonchev–Trinajstić information content (AvgIpc) is 3.13. The van der Waals surface area contributed by atoms with Crippen LogP contribution in [0.3, 0.4) is 0 Å². The summed E-state index contributed by atoms with van der Waals surface area (Å²) in [6.07, 6.45) is 2.65. The molecule has 1 fully saturated rings. The Morgan fingerprint density at radius 3 is 2.88 bits per heavy atom. The lowest BCUT2D eigenvalue weighted by atomic mass is 10.2. The molecule has 1 aliphatic carbocycles. The summed E-state index contributed by atoms with van der Waals surface area (Å²) in [6, 6.07) is 9.03. The van der Waals surface area contributed by atoms with E-state index in [1.807, 2.05) is 12.1 Å². The van der Waals surface area contributed by atoms with Gasteiger partial charge in [-0.05, 0) is 30.5 Å². The number of nitrogens with zero attached hydrogens (tertiary/aromatic N) is 1. The lowest BCUT2D eigenvalue weighted by molar-refractivity contribution is 0.262. The van der Waals surface area contributed by atoms with Gasteiger partial charge in [-0.2, -0.15) is 0 Å². The molecule has 16 heavy (non-hydrogen) atoms. The predicted octanol–water partition coefficient (Wildman–Crippen LogP) is 1.62. The van der Waals surface area contributed by atoms with Gasteiger partial charge < -0.3 is 10.5 Å². The largest absolute Gasteiger partial charge is 0.497 e. The van der Waals surface area contributed by atoms with Gasteiger partial charge in [-0.15, -0.1) is 0 Å². The van der Waals surface area contributed by atoms with Crippen molar-refractivity contribution in [2.75, 3.05) is 20.2 Å². The first-order valence-corrected chi connectivity index (χ1v) is 5.90. The van der Waals surface area contributed by atoms with Gasteiger partial charge >= 0.3 is 0 Å². The molecule has 0 aromatic heterocycles. The Morgan fingerprint density at radius 2 is 2.25 bits per heavy atom. The number of benzene rings is 1. The van der Waals surface area contributed by atoms with Crippen LogP contribution in [0.5, 0.6) is 5.75 Å². The molecule has 0 aliphatic heterocycles. The number of ether oxygens (including phenoxy) is 1. The minimum atomic E-state index is 0.737. The van der Waals surface area contributed by atoms with Crippen LogP contribution in [-0.2, 0) is 6.54 Å². The first-order chi connectivity index (χ1) is 7.83. The third-order valence-corrected chi connectivity index (χ3v) is 3.00. The molecule has 1 aromatic carbocycles. The van der Waals surface area contributed by atoms with E-state index in [1.54, 1.807) is 7.11 Å². The molecule has 3 heteroatoms. The monoisotopic (exact) mass is 220 g/mol. The summed E-state index contributed by atoms with van der Waals surface area (Å²) in [4.78, 5) is 2.47. The molecule has 88 valence electrons. The maximum Gasteiger partial charge on any atom is 0.119 e. The van der Waals surface area contributed by atoms with Crippen LogP contribution in [0.15, 0.2) is 24.3 Å². The zero-order valence-corrected chi connectivity index (χ0v) is 9.86. The third kappa shape index (κ3) is 2.97. The van der Waals surface area contributed by atoms with Gasteiger partial charge in [0.1, 0.15) is 5.75 Å². The summed E-state index contributed by atoms with van der Waals surface area (Å²) >= 11 is 0. The molecule has 3 nitrogen and oxygen atoms in total. The lowest BCUT2D eigenvalue weighted by Gasteiger charge is -2.21. The number of hydrogen-bond acceptors (Lipinski definition) is 3. The summed E-state index contributed by atoms with van der Waals surface area (Å²) < 4.78 is 5.23. The van der Waals surface area contributed by atoms with E-state index in [9.17, 15) is 0 Å². The predicted molar refractivity (Wildman–Crippen MR) is 65.5 cm³/mol. The summed E-state index contributed by atoms with van der Waals surface area (Å²) in [5.41, 5.74) is 6.94. The van der Waals surface area contributed by atoms with Gasteiger partial charge in [0.05, 0.1) is 7.11 Å². The molecule has 0 amide bonds. The van der Waals surface area contributed by atoms with Crippen LogP contribution >= 0.6 is 0 Å². The fourth-order valence-corrected chi connectivity index (χ4v) is 2.00. The average molecular weight is 220 g/mol. The molecular weight excluding hydrogens is 200 g/mol. The van der Waals surface area contributed by atoms with Crippen LogP contribution in [-0.4, -0.2) is 31.1 Å². The fourth-order valence-electron chi connectivity index (χ4n) is 2.00. The van der Waals surface area contributed by atoms with E-state index in [2.05, 4.69) is 17.0 Å². The smallest absolute Gasteiger partial charge is 0.119 e. The Labute approximate surface area is 97.2 Å². The minimum Gasteiger partial charge on any atom is -0.497 e. The van der Waals surface area contributed by atoms with Gasteiger partial charge in [0, 0.05) is 25.7 Å². The second kappa shape index (κ2) is 5.32. The van der Waals surface area contributed by atoms with Crippen molar-refractivity contribution in [3.8, 4) is 5.75 Å². The standard InChI is InChI=1S/C13H20N2O/c1-16-13-4-2-3-11(9-13)10-15(8-7-14)12-5-6-12/h2-4,9,12H,5-8,10,14H2,1H3. The Morgan fingerprint density at radius 1 is 1.44 bits per heavy atom. The molecular formula is C13H20N2O. The normalized spacial score (nSPS) is 15.4. The van der Waals surface area contributed by atoms with E-state index in [-0.39, 0.29) is 0 Å². The molecule has 1 aromatic rings. The van der Waals surface area contributed by atoms with Gasteiger partial charge in [0.15, 0.2) is 0 Å². The fraction of sp³-hybridized carbons (Fsp3) is 0.538. The highest BCUT2D eigenvalue weighted by atomic mass is 16.5. The van der Waals surface area contributed by atoms with Crippen molar-refractivity contribution in [2.45, 2.75) is 25.4 Å². The molecule has 0 saturated heterocycles. The molecule has 1 saturated carbocycles. The first-order valence-electron chi connectivity index (χ1n) is 5.90. The molecule has 1 aliphatic rings. The van der Waals surface area contributed by atoms with Crippen molar-refractivity contribution in [3.63, 3.8) is 0 Å². The zero-order chi connectivity index (χ0) is 11.4. The van der Waals surface area contributed by atoms with E-state index in [0.29, 0.717) is 0 Å². The van der Waals surface area contributed by atoms with Crippen LogP contribution in [0.1, 0.15) is 18.4 Å². The van der Waals surface area contributed by atoms with E-state index < -0.39 is 0 Å². The first kappa shape index (κ1) is 11.4. The van der Waals surface area contributed by atoms with Crippen LogP contribution in [0.25, 0.3) is 0 Å². The SMILES string of the molecule is COc1cccc(CN(CCN)C2CC2)c1. The molecule has 2 N–H and O–H groups in total. The molecule has 0 atom stereocenters. The van der Waals surface area contributed by atoms with Gasteiger partial charge in [0.2, 0.25) is 0 Å². The number of nitrogens with two attached hydrogens (primary N) is 1. The second-order valence-electron chi connectivity index (χ2n) is 4.34. The van der Waals surface area contributed by atoms with Gasteiger partial charge in [0.25, 0.3) is 0 Å². The Balaban J connectivity index is 1.99. The van der Waals surface area contributed by atoms with E-state index in [0.717, 1.165) is 31.4 Å². The van der Waals surface area contributed by atoms with Crippen LogP contribution < -0.4 is 10.5 Å². The Bertz CT molecular complexity index is 336. The van der Waals surface area contributed by atoms with Crippen LogP contribution in [0.4, 0.5) is 0 Å². The summed E-state index contributed by atoms with van der Waals surface area (Å²) in [6.45, 7) is 2.71. The highest BCUT2D eigenvalue weighted by molar-refractivity contribution is 5.28. The molecule has 0 radical (unpaired) electrons. The Hall–Kier alpha value is -1.06. The molecule has 0 bridgehead atoms. The maximum atomic E-state index is 5.64. The number of hydrogen-bond donors (Lipinski definition) is 1. The van der Waals surface area contributed by atoms with Crippen molar-refractivity contribution in [1.29, 1.82) is 0 Å². The Kier molecular flexibility index (Phi) is 3.80.